The van der Waals surface area contributed by atoms with E-state index in [1.807, 2.05) is 0 Å². The van der Waals surface area contributed by atoms with E-state index in [0.717, 1.165) is 6.92 Å². The summed E-state index contributed by atoms with van der Waals surface area (Å²) in [6.07, 6.45) is -1.10. The van der Waals surface area contributed by atoms with Crippen LogP contribution in [0.15, 0.2) is 28.7 Å². The molecule has 2 aliphatic heterocycles. The van der Waals surface area contributed by atoms with Gasteiger partial charge in [0.15, 0.2) is 0 Å². The van der Waals surface area contributed by atoms with Crippen LogP contribution in [0.1, 0.15) is 13.8 Å². The van der Waals surface area contributed by atoms with Crippen LogP contribution < -0.4 is 0 Å². The van der Waals surface area contributed by atoms with Gasteiger partial charge in [-0.15, -0.1) is 0 Å². The third-order valence-corrected chi connectivity index (χ3v) is 2.93. The average Bonchev–Trinajstić information content (AvgIpc) is 2.58. The number of hydrogen-bond acceptors (Lipinski definition) is 3. The number of halogens is 4. The summed E-state index contributed by atoms with van der Waals surface area (Å²) in [6, 6.07) is -1.56. The minimum Gasteiger partial charge on any atom is -0.261 e. The standard InChI is InChI=1S/C10H11ClF3N3/c1-6-5-8(11)15-9-3-4-16(17(6)9)7(2)10(12,13)14/h3,5,7H,4H2,1-2H3/t7-/m1/s1. The van der Waals surface area contributed by atoms with Crippen LogP contribution in [-0.4, -0.2) is 34.0 Å². The van der Waals surface area contributed by atoms with E-state index in [1.165, 1.54) is 10.0 Å². The van der Waals surface area contributed by atoms with E-state index in [2.05, 4.69) is 4.99 Å². The number of hydrogen-bond donors (Lipinski definition) is 0. The van der Waals surface area contributed by atoms with Gasteiger partial charge < -0.3 is 0 Å². The summed E-state index contributed by atoms with van der Waals surface area (Å²) in [5.74, 6) is 0.450. The molecular weight excluding hydrogens is 255 g/mol. The predicted molar refractivity (Wildman–Crippen MR) is 59.2 cm³/mol. The second-order valence-electron chi connectivity index (χ2n) is 3.93. The van der Waals surface area contributed by atoms with Gasteiger partial charge in [-0.25, -0.2) is 4.99 Å². The molecule has 0 aliphatic carbocycles. The van der Waals surface area contributed by atoms with Crippen LogP contribution in [-0.2, 0) is 0 Å². The Hall–Kier alpha value is -1.01. The first-order chi connectivity index (χ1) is 7.80. The molecule has 0 fully saturated rings. The first kappa shape index (κ1) is 12.4. The summed E-state index contributed by atoms with van der Waals surface area (Å²) >= 11 is 5.76. The fraction of sp³-hybridized carbons (Fsp3) is 0.500. The van der Waals surface area contributed by atoms with Gasteiger partial charge in [0.25, 0.3) is 0 Å². The summed E-state index contributed by atoms with van der Waals surface area (Å²) < 4.78 is 38.1. The lowest BCUT2D eigenvalue weighted by atomic mass is 10.3. The smallest absolute Gasteiger partial charge is 0.261 e. The monoisotopic (exact) mass is 265 g/mol. The van der Waals surface area contributed by atoms with Crippen molar-refractivity contribution in [3.8, 4) is 0 Å². The van der Waals surface area contributed by atoms with Gasteiger partial charge in [-0.05, 0) is 26.0 Å². The number of hydrazine groups is 1. The molecule has 0 aromatic rings. The first-order valence-electron chi connectivity index (χ1n) is 5.07. The third-order valence-electron chi connectivity index (χ3n) is 2.74. The van der Waals surface area contributed by atoms with Crippen molar-refractivity contribution in [2.45, 2.75) is 26.1 Å². The van der Waals surface area contributed by atoms with E-state index in [4.69, 9.17) is 11.6 Å². The Bertz CT molecular complexity index is 425. The van der Waals surface area contributed by atoms with Gasteiger partial charge in [0.05, 0.1) is 0 Å². The van der Waals surface area contributed by atoms with Gasteiger partial charge in [-0.2, -0.15) is 18.2 Å². The summed E-state index contributed by atoms with van der Waals surface area (Å²) in [7, 11) is 0. The number of alkyl halides is 3. The average molecular weight is 266 g/mol. The lowest BCUT2D eigenvalue weighted by Crippen LogP contribution is -2.49. The summed E-state index contributed by atoms with van der Waals surface area (Å²) in [5.41, 5.74) is 0.629. The number of fused-ring (bicyclic) bond motifs is 1. The molecule has 2 rings (SSSR count). The zero-order chi connectivity index (χ0) is 12.8. The molecule has 0 radical (unpaired) electrons. The lowest BCUT2D eigenvalue weighted by molar-refractivity contribution is -0.201. The van der Waals surface area contributed by atoms with Crippen LogP contribution in [0.5, 0.6) is 0 Å². The highest BCUT2D eigenvalue weighted by Crippen LogP contribution is 2.34. The van der Waals surface area contributed by atoms with Crippen LogP contribution in [0.4, 0.5) is 13.2 Å². The van der Waals surface area contributed by atoms with E-state index in [0.29, 0.717) is 11.5 Å². The van der Waals surface area contributed by atoms with Crippen molar-refractivity contribution in [2.75, 3.05) is 6.54 Å². The minimum absolute atomic E-state index is 0.175. The number of nitrogens with zero attached hydrogens (tertiary/aromatic N) is 3. The Labute approximate surface area is 102 Å². The molecule has 7 heteroatoms. The molecule has 1 atom stereocenters. The minimum atomic E-state index is -4.27. The zero-order valence-corrected chi connectivity index (χ0v) is 10.0. The molecule has 0 amide bonds. The molecule has 0 aromatic carbocycles. The van der Waals surface area contributed by atoms with Crippen molar-refractivity contribution in [3.05, 3.63) is 23.7 Å². The van der Waals surface area contributed by atoms with Crippen molar-refractivity contribution in [3.63, 3.8) is 0 Å². The fourth-order valence-corrected chi connectivity index (χ4v) is 2.07. The molecule has 0 unspecified atom stereocenters. The van der Waals surface area contributed by atoms with Crippen LogP contribution in [0.2, 0.25) is 0 Å². The Morgan fingerprint density at radius 2 is 2.12 bits per heavy atom. The zero-order valence-electron chi connectivity index (χ0n) is 9.29. The Balaban J connectivity index is 2.26. The first-order valence-corrected chi connectivity index (χ1v) is 5.44. The van der Waals surface area contributed by atoms with Gasteiger partial charge in [0.1, 0.15) is 17.0 Å². The highest BCUT2D eigenvalue weighted by Gasteiger charge is 2.44. The molecule has 2 heterocycles. The SMILES string of the molecule is CC1=CC(Cl)=NC2=CCN([C@H](C)C(F)(F)F)N12. The summed E-state index contributed by atoms with van der Waals surface area (Å²) in [4.78, 5) is 3.99. The molecule has 3 nitrogen and oxygen atoms in total. The maximum atomic E-state index is 12.7. The van der Waals surface area contributed by atoms with Gasteiger partial charge in [0, 0.05) is 12.2 Å². The topological polar surface area (TPSA) is 18.8 Å². The molecule has 94 valence electrons. The largest absolute Gasteiger partial charge is 0.405 e. The predicted octanol–water partition coefficient (Wildman–Crippen LogP) is 2.87. The van der Waals surface area contributed by atoms with Crippen LogP contribution in [0.3, 0.4) is 0 Å². The molecule has 2 aliphatic rings. The highest BCUT2D eigenvalue weighted by atomic mass is 35.5. The number of aliphatic imine (C=N–C) groups is 1. The molecule has 0 bridgehead atoms. The summed E-state index contributed by atoms with van der Waals surface area (Å²) in [6.45, 7) is 3.01. The molecule has 17 heavy (non-hydrogen) atoms. The Morgan fingerprint density at radius 3 is 2.71 bits per heavy atom. The maximum absolute atomic E-state index is 12.7. The number of rotatable bonds is 1. The van der Waals surface area contributed by atoms with Crippen molar-refractivity contribution >= 4 is 16.8 Å². The fourth-order valence-electron chi connectivity index (χ4n) is 1.83. The molecule has 0 spiro atoms. The van der Waals surface area contributed by atoms with Gasteiger partial charge in [0.2, 0.25) is 0 Å². The molecule has 0 saturated heterocycles. The van der Waals surface area contributed by atoms with Crippen LogP contribution in [0.25, 0.3) is 0 Å². The van der Waals surface area contributed by atoms with Gasteiger partial charge >= 0.3 is 6.18 Å². The van der Waals surface area contributed by atoms with Crippen LogP contribution in [0, 0.1) is 0 Å². The third kappa shape index (κ3) is 2.19. The normalized spacial score (nSPS) is 22.9. The number of allylic oxidation sites excluding steroid dienone is 2. The van der Waals surface area contributed by atoms with Gasteiger partial charge in [-0.3, -0.25) is 5.01 Å². The van der Waals surface area contributed by atoms with E-state index in [1.54, 1.807) is 19.1 Å². The maximum Gasteiger partial charge on any atom is 0.405 e. The highest BCUT2D eigenvalue weighted by molar-refractivity contribution is 6.68. The van der Waals surface area contributed by atoms with E-state index in [9.17, 15) is 13.2 Å². The van der Waals surface area contributed by atoms with E-state index >= 15 is 0 Å². The molecule has 0 N–H and O–H groups in total. The van der Waals surface area contributed by atoms with Crippen LogP contribution >= 0.6 is 11.6 Å². The van der Waals surface area contributed by atoms with Crippen molar-refractivity contribution in [1.29, 1.82) is 0 Å². The molecular formula is C10H11ClF3N3. The lowest BCUT2D eigenvalue weighted by Gasteiger charge is -2.37. The second kappa shape index (κ2) is 4.03. The van der Waals surface area contributed by atoms with Gasteiger partial charge in [-0.1, -0.05) is 11.6 Å². The molecule has 0 aromatic heterocycles. The molecule has 0 saturated carbocycles. The van der Waals surface area contributed by atoms with Crippen molar-refractivity contribution < 1.29 is 13.2 Å². The Kier molecular flexibility index (Phi) is 2.95. The quantitative estimate of drug-likeness (QED) is 0.726. The van der Waals surface area contributed by atoms with E-state index in [-0.39, 0.29) is 11.7 Å². The van der Waals surface area contributed by atoms with Crippen molar-refractivity contribution in [1.82, 2.24) is 10.0 Å². The van der Waals surface area contributed by atoms with Crippen molar-refractivity contribution in [2.24, 2.45) is 4.99 Å². The Morgan fingerprint density at radius 1 is 1.47 bits per heavy atom. The summed E-state index contributed by atoms with van der Waals surface area (Å²) in [5, 5.41) is 2.95. The van der Waals surface area contributed by atoms with E-state index < -0.39 is 12.2 Å². The second-order valence-corrected chi connectivity index (χ2v) is 4.32.